The second kappa shape index (κ2) is 5.20. The zero-order chi connectivity index (χ0) is 10.8. The number of amides is 1. The van der Waals surface area contributed by atoms with Crippen LogP contribution in [0, 0.1) is 5.92 Å². The van der Waals surface area contributed by atoms with Crippen LogP contribution in [-0.4, -0.2) is 11.9 Å². The molecule has 0 bridgehead atoms. The van der Waals surface area contributed by atoms with E-state index in [-0.39, 0.29) is 36.2 Å². The molecule has 4 nitrogen and oxygen atoms in total. The summed E-state index contributed by atoms with van der Waals surface area (Å²) in [4.78, 5) is 21.8. The van der Waals surface area contributed by atoms with Crippen molar-refractivity contribution in [2.75, 3.05) is 5.32 Å². The first kappa shape index (κ1) is 12.8. The van der Waals surface area contributed by atoms with E-state index < -0.39 is 5.97 Å². The molecule has 16 heavy (non-hydrogen) atoms. The third-order valence-corrected chi connectivity index (χ3v) is 2.34. The van der Waals surface area contributed by atoms with Gasteiger partial charge in [0.15, 0.2) is 0 Å². The summed E-state index contributed by atoms with van der Waals surface area (Å²) in [7, 11) is 0. The normalized spacial score (nSPS) is 13.8. The van der Waals surface area contributed by atoms with Crippen molar-refractivity contribution in [1.82, 2.24) is 0 Å². The van der Waals surface area contributed by atoms with Crippen LogP contribution < -0.4 is 29.3 Å². The Morgan fingerprint density at radius 2 is 1.75 bits per heavy atom. The number of carbonyl (C=O) groups excluding carboxylic acids is 2. The number of benzene rings is 1. The maximum absolute atomic E-state index is 11.4. The summed E-state index contributed by atoms with van der Waals surface area (Å²) in [5.74, 6) is -1.06. The van der Waals surface area contributed by atoms with Gasteiger partial charge in [0.05, 0.1) is 5.97 Å². The van der Waals surface area contributed by atoms with Gasteiger partial charge in [-0.2, -0.15) is 0 Å². The van der Waals surface area contributed by atoms with Gasteiger partial charge in [-0.15, -0.1) is 0 Å². The molecule has 0 aromatic heterocycles. The molecule has 1 saturated carbocycles. The molecule has 0 atom stereocenters. The van der Waals surface area contributed by atoms with Gasteiger partial charge in [0.1, 0.15) is 0 Å². The number of aromatic carboxylic acids is 1. The van der Waals surface area contributed by atoms with Crippen LogP contribution in [0.3, 0.4) is 0 Å². The fourth-order valence-corrected chi connectivity index (χ4v) is 1.28. The number of nitrogens with one attached hydrogen (secondary N) is 1. The van der Waals surface area contributed by atoms with Gasteiger partial charge >= 0.3 is 18.9 Å². The zero-order valence-corrected chi connectivity index (χ0v) is 9.03. The van der Waals surface area contributed by atoms with Gasteiger partial charge in [-0.1, -0.05) is 12.1 Å². The summed E-state index contributed by atoms with van der Waals surface area (Å²) in [6.07, 6.45) is 1.89. The minimum absolute atomic E-state index is 0. The van der Waals surface area contributed by atoms with Crippen molar-refractivity contribution in [2.45, 2.75) is 12.8 Å². The van der Waals surface area contributed by atoms with Crippen LogP contribution in [0.25, 0.3) is 0 Å². The quantitative estimate of drug-likeness (QED) is 0.557. The molecule has 1 N–H and O–H groups in total. The first-order valence-electron chi connectivity index (χ1n) is 4.79. The Morgan fingerprint density at radius 3 is 2.19 bits per heavy atom. The molecule has 78 valence electrons. The Labute approximate surface area is 105 Å². The van der Waals surface area contributed by atoms with E-state index in [1.54, 1.807) is 12.1 Å². The van der Waals surface area contributed by atoms with Crippen molar-refractivity contribution in [3.05, 3.63) is 29.8 Å². The van der Waals surface area contributed by atoms with E-state index in [4.69, 9.17) is 0 Å². The maximum atomic E-state index is 11.4. The van der Waals surface area contributed by atoms with Crippen LogP contribution in [0.1, 0.15) is 23.2 Å². The molecule has 2 rings (SSSR count). The number of hydrogen-bond donors (Lipinski definition) is 1. The van der Waals surface area contributed by atoms with E-state index in [2.05, 4.69) is 5.32 Å². The topological polar surface area (TPSA) is 69.2 Å². The molecule has 0 saturated heterocycles. The first-order chi connectivity index (χ1) is 7.16. The minimum Gasteiger partial charge on any atom is -0.545 e. The molecule has 1 aromatic rings. The number of rotatable bonds is 3. The molecular weight excluding hydrogens is 201 g/mol. The van der Waals surface area contributed by atoms with Gasteiger partial charge in [0, 0.05) is 11.6 Å². The fraction of sp³-hybridized carbons (Fsp3) is 0.273. The Hall–Kier alpha value is -1.24. The van der Waals surface area contributed by atoms with Gasteiger partial charge in [-0.05, 0) is 30.5 Å². The van der Waals surface area contributed by atoms with E-state index in [0.29, 0.717) is 5.69 Å². The molecule has 5 heteroatoms. The standard InChI is InChI=1S/C11H11NO3.Li/c13-10(7-1-2-7)12-9-5-3-8(4-6-9)11(14)15;/h3-7H,1-2H2,(H,12,13)(H,14,15);/q;+1/p-1. The second-order valence-corrected chi connectivity index (χ2v) is 3.63. The number of carboxylic acids is 1. The van der Waals surface area contributed by atoms with Crippen molar-refractivity contribution in [3.8, 4) is 0 Å². The molecule has 0 heterocycles. The van der Waals surface area contributed by atoms with Gasteiger partial charge < -0.3 is 15.2 Å². The van der Waals surface area contributed by atoms with Gasteiger partial charge in [-0.25, -0.2) is 0 Å². The number of carboxylic acid groups (broad SMARTS) is 1. The molecule has 0 spiro atoms. The molecular formula is C11H10LiNO3. The molecule has 1 aromatic carbocycles. The Bertz CT molecular complexity index is 398. The maximum Gasteiger partial charge on any atom is 1.00 e. The van der Waals surface area contributed by atoms with Crippen LogP contribution in [-0.2, 0) is 4.79 Å². The fourth-order valence-electron chi connectivity index (χ4n) is 1.28. The molecule has 1 aliphatic carbocycles. The summed E-state index contributed by atoms with van der Waals surface area (Å²) in [6, 6.07) is 5.95. The smallest absolute Gasteiger partial charge is 0.545 e. The minimum atomic E-state index is -1.21. The number of hydrogen-bond acceptors (Lipinski definition) is 3. The summed E-state index contributed by atoms with van der Waals surface area (Å²) < 4.78 is 0. The summed E-state index contributed by atoms with van der Waals surface area (Å²) in [5, 5.41) is 13.2. The average Bonchev–Trinajstić information content (AvgIpc) is 3.01. The van der Waals surface area contributed by atoms with E-state index in [9.17, 15) is 14.7 Å². The van der Waals surface area contributed by atoms with E-state index >= 15 is 0 Å². The van der Waals surface area contributed by atoms with Crippen molar-refractivity contribution in [2.24, 2.45) is 5.92 Å². The number of anilines is 1. The van der Waals surface area contributed by atoms with Crippen molar-refractivity contribution in [3.63, 3.8) is 0 Å². The van der Waals surface area contributed by atoms with Crippen LogP contribution in [0.2, 0.25) is 0 Å². The van der Waals surface area contributed by atoms with Gasteiger partial charge in [-0.3, -0.25) is 4.79 Å². The van der Waals surface area contributed by atoms with Crippen LogP contribution in [0.5, 0.6) is 0 Å². The van der Waals surface area contributed by atoms with Crippen molar-refractivity contribution >= 4 is 17.6 Å². The first-order valence-corrected chi connectivity index (χ1v) is 4.79. The van der Waals surface area contributed by atoms with Crippen molar-refractivity contribution in [1.29, 1.82) is 0 Å². The summed E-state index contributed by atoms with van der Waals surface area (Å²) in [5.41, 5.74) is 0.733. The second-order valence-electron chi connectivity index (χ2n) is 3.63. The third-order valence-electron chi connectivity index (χ3n) is 2.34. The Morgan fingerprint density at radius 1 is 1.19 bits per heavy atom. The SMILES string of the molecule is O=C([O-])c1ccc(NC(=O)C2CC2)cc1.[Li+]. The molecule has 0 aliphatic heterocycles. The Balaban J connectivity index is 0.00000128. The third kappa shape index (κ3) is 3.12. The van der Waals surface area contributed by atoms with E-state index in [1.165, 1.54) is 12.1 Å². The molecule has 1 amide bonds. The van der Waals surface area contributed by atoms with Crippen molar-refractivity contribution < 1.29 is 33.6 Å². The molecule has 0 unspecified atom stereocenters. The largest absolute Gasteiger partial charge is 1.00 e. The van der Waals surface area contributed by atoms with Gasteiger partial charge in [0.25, 0.3) is 0 Å². The zero-order valence-electron chi connectivity index (χ0n) is 9.03. The van der Waals surface area contributed by atoms with E-state index in [0.717, 1.165) is 12.8 Å². The summed E-state index contributed by atoms with van der Waals surface area (Å²) >= 11 is 0. The predicted molar refractivity (Wildman–Crippen MR) is 52.1 cm³/mol. The average molecular weight is 211 g/mol. The van der Waals surface area contributed by atoms with Gasteiger partial charge in [0.2, 0.25) is 5.91 Å². The molecule has 1 aliphatic rings. The monoisotopic (exact) mass is 211 g/mol. The molecule has 0 radical (unpaired) electrons. The number of carbonyl (C=O) groups is 2. The summed E-state index contributed by atoms with van der Waals surface area (Å²) in [6.45, 7) is 0. The molecule has 1 fully saturated rings. The van der Waals surface area contributed by atoms with Crippen LogP contribution in [0.4, 0.5) is 5.69 Å². The predicted octanol–water partition coefficient (Wildman–Crippen LogP) is -2.60. The van der Waals surface area contributed by atoms with Crippen LogP contribution in [0.15, 0.2) is 24.3 Å². The Kier molecular flexibility index (Phi) is 4.17. The van der Waals surface area contributed by atoms with E-state index in [1.807, 2.05) is 0 Å². The van der Waals surface area contributed by atoms with Crippen LogP contribution >= 0.6 is 0 Å².